The lowest BCUT2D eigenvalue weighted by molar-refractivity contribution is -0.164. The van der Waals surface area contributed by atoms with Crippen molar-refractivity contribution in [2.45, 2.75) is 63.5 Å². The van der Waals surface area contributed by atoms with Gasteiger partial charge in [-0.1, -0.05) is 6.42 Å². The first-order valence-electron chi connectivity index (χ1n) is 9.87. The van der Waals surface area contributed by atoms with Crippen LogP contribution in [0.4, 0.5) is 0 Å². The van der Waals surface area contributed by atoms with Crippen LogP contribution < -0.4 is 0 Å². The predicted octanol–water partition coefficient (Wildman–Crippen LogP) is 2.85. The highest BCUT2D eigenvalue weighted by molar-refractivity contribution is 4.99. The van der Waals surface area contributed by atoms with E-state index in [4.69, 9.17) is 14.2 Å². The summed E-state index contributed by atoms with van der Waals surface area (Å²) < 4.78 is 17.9. The molecule has 0 radical (unpaired) electrons. The molecular weight excluding hydrogens is 290 g/mol. The average molecular weight is 323 g/mol. The third kappa shape index (κ3) is 3.60. The van der Waals surface area contributed by atoms with Crippen LogP contribution in [0.5, 0.6) is 0 Å². The van der Waals surface area contributed by atoms with Gasteiger partial charge in [-0.15, -0.1) is 0 Å². The van der Waals surface area contributed by atoms with Gasteiger partial charge in [0.25, 0.3) is 0 Å². The number of hydrogen-bond acceptors (Lipinski definition) is 4. The van der Waals surface area contributed by atoms with Crippen molar-refractivity contribution in [2.24, 2.45) is 11.3 Å². The van der Waals surface area contributed by atoms with Crippen molar-refractivity contribution in [1.82, 2.24) is 4.90 Å². The quantitative estimate of drug-likeness (QED) is 0.778. The summed E-state index contributed by atoms with van der Waals surface area (Å²) in [5.74, 6) is 0.703. The monoisotopic (exact) mass is 323 g/mol. The van der Waals surface area contributed by atoms with Crippen LogP contribution in [0.1, 0.15) is 51.4 Å². The molecule has 4 aliphatic rings. The highest BCUT2D eigenvalue weighted by atomic mass is 16.5. The van der Waals surface area contributed by atoms with E-state index >= 15 is 0 Å². The predicted molar refractivity (Wildman–Crippen MR) is 89.6 cm³/mol. The van der Waals surface area contributed by atoms with E-state index in [1.807, 2.05) is 0 Å². The topological polar surface area (TPSA) is 30.9 Å². The third-order valence-corrected chi connectivity index (χ3v) is 6.69. The minimum absolute atomic E-state index is 0.261. The second-order valence-electron chi connectivity index (χ2n) is 8.24. The zero-order valence-corrected chi connectivity index (χ0v) is 14.5. The van der Waals surface area contributed by atoms with E-state index in [0.717, 1.165) is 39.1 Å². The lowest BCUT2D eigenvalue weighted by Crippen LogP contribution is -2.59. The molecular formula is C19H33NO3. The van der Waals surface area contributed by atoms with E-state index in [-0.39, 0.29) is 5.41 Å². The Kier molecular flexibility index (Phi) is 5.24. The molecule has 23 heavy (non-hydrogen) atoms. The number of piperidine rings is 1. The number of fused-ring (bicyclic) bond motifs is 1. The highest BCUT2D eigenvalue weighted by Gasteiger charge is 2.47. The maximum absolute atomic E-state index is 6.29. The molecule has 4 heteroatoms. The van der Waals surface area contributed by atoms with Gasteiger partial charge in [0.15, 0.2) is 0 Å². The van der Waals surface area contributed by atoms with Crippen LogP contribution in [-0.2, 0) is 14.2 Å². The first-order chi connectivity index (χ1) is 11.4. The molecule has 0 amide bonds. The summed E-state index contributed by atoms with van der Waals surface area (Å²) in [7, 11) is 0. The van der Waals surface area contributed by atoms with Crippen molar-refractivity contribution in [1.29, 1.82) is 0 Å². The Morgan fingerprint density at radius 1 is 1.00 bits per heavy atom. The molecule has 4 fully saturated rings. The Bertz CT molecular complexity index is 381. The largest absolute Gasteiger partial charge is 0.381 e. The van der Waals surface area contributed by atoms with Crippen LogP contribution in [0.15, 0.2) is 0 Å². The molecule has 0 spiro atoms. The Hall–Kier alpha value is -0.160. The number of likely N-dealkylation sites (tertiary alicyclic amines) is 1. The molecule has 2 unspecified atom stereocenters. The fraction of sp³-hybridized carbons (Fsp3) is 1.00. The van der Waals surface area contributed by atoms with Crippen LogP contribution >= 0.6 is 0 Å². The van der Waals surface area contributed by atoms with Gasteiger partial charge in [0.05, 0.1) is 12.7 Å². The molecule has 0 aromatic rings. The van der Waals surface area contributed by atoms with Crippen molar-refractivity contribution in [3.63, 3.8) is 0 Å². The minimum Gasteiger partial charge on any atom is -0.381 e. The van der Waals surface area contributed by atoms with Gasteiger partial charge in [0, 0.05) is 51.0 Å². The molecule has 0 aromatic carbocycles. The van der Waals surface area contributed by atoms with Crippen LogP contribution in [-0.4, -0.2) is 63.2 Å². The average Bonchev–Trinajstić information content (AvgIpc) is 2.54. The third-order valence-electron chi connectivity index (χ3n) is 6.69. The molecule has 4 rings (SSSR count). The van der Waals surface area contributed by atoms with Crippen molar-refractivity contribution in [2.75, 3.05) is 46.1 Å². The van der Waals surface area contributed by atoms with Gasteiger partial charge in [0.1, 0.15) is 0 Å². The number of rotatable bonds is 5. The first-order valence-corrected chi connectivity index (χ1v) is 9.87. The Morgan fingerprint density at radius 3 is 2.65 bits per heavy atom. The van der Waals surface area contributed by atoms with Crippen LogP contribution in [0.2, 0.25) is 0 Å². The lowest BCUT2D eigenvalue weighted by atomic mass is 9.72. The van der Waals surface area contributed by atoms with Crippen molar-refractivity contribution < 1.29 is 14.2 Å². The molecule has 0 N–H and O–H groups in total. The number of nitrogens with zero attached hydrogens (tertiary/aromatic N) is 1. The molecule has 0 bridgehead atoms. The fourth-order valence-corrected chi connectivity index (χ4v) is 4.94. The summed E-state index contributed by atoms with van der Waals surface area (Å²) in [6, 6.07) is 0.852. The van der Waals surface area contributed by atoms with Gasteiger partial charge < -0.3 is 14.2 Å². The summed E-state index contributed by atoms with van der Waals surface area (Å²) in [6.45, 7) is 7.04. The summed E-state index contributed by atoms with van der Waals surface area (Å²) in [6.07, 6.45) is 10.7. The smallest absolute Gasteiger partial charge is 0.0677 e. The van der Waals surface area contributed by atoms with Crippen molar-refractivity contribution in [3.05, 3.63) is 0 Å². The SMILES string of the molecule is C1CC(N2CCC3OCCCC3(COCC3CCOCC3)C2)C1. The molecule has 4 nitrogen and oxygen atoms in total. The molecule has 1 aliphatic carbocycles. The maximum Gasteiger partial charge on any atom is 0.0677 e. The van der Waals surface area contributed by atoms with E-state index in [1.165, 1.54) is 64.5 Å². The molecule has 3 aliphatic heterocycles. The summed E-state index contributed by atoms with van der Waals surface area (Å²) >= 11 is 0. The summed E-state index contributed by atoms with van der Waals surface area (Å²) in [4.78, 5) is 2.76. The minimum atomic E-state index is 0.261. The van der Waals surface area contributed by atoms with Gasteiger partial charge in [-0.05, 0) is 50.9 Å². The molecule has 0 aromatic heterocycles. The van der Waals surface area contributed by atoms with Crippen LogP contribution in [0.3, 0.4) is 0 Å². The molecule has 132 valence electrons. The standard InChI is InChI=1S/C19H33NO3/c1-3-17(4-1)20-9-5-18-19(14-20,8-2-10-23-18)15-22-13-16-6-11-21-12-7-16/h16-18H,1-15H2. The molecule has 3 saturated heterocycles. The van der Waals surface area contributed by atoms with Crippen LogP contribution in [0.25, 0.3) is 0 Å². The van der Waals surface area contributed by atoms with Crippen LogP contribution in [0, 0.1) is 11.3 Å². The van der Waals surface area contributed by atoms with E-state index in [2.05, 4.69) is 4.90 Å². The van der Waals surface area contributed by atoms with Gasteiger partial charge in [-0.3, -0.25) is 4.90 Å². The Labute approximate surface area is 140 Å². The van der Waals surface area contributed by atoms with Gasteiger partial charge in [-0.25, -0.2) is 0 Å². The lowest BCUT2D eigenvalue weighted by Gasteiger charge is -2.53. The maximum atomic E-state index is 6.29. The van der Waals surface area contributed by atoms with E-state index in [0.29, 0.717) is 12.0 Å². The molecule has 1 saturated carbocycles. The fourth-order valence-electron chi connectivity index (χ4n) is 4.94. The highest BCUT2D eigenvalue weighted by Crippen LogP contribution is 2.42. The van der Waals surface area contributed by atoms with E-state index in [9.17, 15) is 0 Å². The van der Waals surface area contributed by atoms with Gasteiger partial charge >= 0.3 is 0 Å². The molecule has 2 atom stereocenters. The molecule has 3 heterocycles. The van der Waals surface area contributed by atoms with Crippen molar-refractivity contribution in [3.8, 4) is 0 Å². The van der Waals surface area contributed by atoms with E-state index in [1.54, 1.807) is 0 Å². The van der Waals surface area contributed by atoms with Gasteiger partial charge in [-0.2, -0.15) is 0 Å². The first kappa shape index (κ1) is 16.3. The summed E-state index contributed by atoms with van der Waals surface area (Å²) in [5.41, 5.74) is 0.261. The van der Waals surface area contributed by atoms with Crippen molar-refractivity contribution >= 4 is 0 Å². The summed E-state index contributed by atoms with van der Waals surface area (Å²) in [5, 5.41) is 0. The Balaban J connectivity index is 1.34. The normalized spacial score (nSPS) is 37.3. The zero-order valence-electron chi connectivity index (χ0n) is 14.5. The van der Waals surface area contributed by atoms with Gasteiger partial charge in [0.2, 0.25) is 0 Å². The Morgan fingerprint density at radius 2 is 1.87 bits per heavy atom. The number of hydrogen-bond donors (Lipinski definition) is 0. The second-order valence-corrected chi connectivity index (χ2v) is 8.24. The number of ether oxygens (including phenoxy) is 3. The zero-order chi connectivity index (χ0) is 15.5. The van der Waals surface area contributed by atoms with E-state index < -0.39 is 0 Å². The second kappa shape index (κ2) is 7.38.